The van der Waals surface area contributed by atoms with Gasteiger partial charge in [0.25, 0.3) is 0 Å². The Kier molecular flexibility index (Phi) is 2.45. The average molecular weight is 254 g/mol. The van der Waals surface area contributed by atoms with Gasteiger partial charge in [0, 0.05) is 5.92 Å². The van der Waals surface area contributed by atoms with Crippen LogP contribution < -0.4 is 0 Å². The molecule has 0 spiro atoms. The largest absolute Gasteiger partial charge is 0.412 e. The maximum absolute atomic E-state index is 12.9. The molecule has 0 radical (unpaired) electrons. The standard InChI is InChI=1S/C9H11ClF3N3/c1-5(2)6-14-15-7(10)16(6)8(3-4-8)9(11,12)13/h5H,3-4H2,1-2H3. The number of nitrogens with zero attached hydrogens (tertiary/aromatic N) is 3. The van der Waals surface area contributed by atoms with Crippen molar-refractivity contribution in [2.24, 2.45) is 0 Å². The molecule has 0 aromatic carbocycles. The molecule has 2 rings (SSSR count). The quantitative estimate of drug-likeness (QED) is 0.811. The van der Waals surface area contributed by atoms with E-state index in [0.29, 0.717) is 5.82 Å². The van der Waals surface area contributed by atoms with Crippen LogP contribution in [0.5, 0.6) is 0 Å². The van der Waals surface area contributed by atoms with Crippen molar-refractivity contribution in [2.75, 3.05) is 0 Å². The van der Waals surface area contributed by atoms with E-state index in [0.717, 1.165) is 4.57 Å². The van der Waals surface area contributed by atoms with Crippen LogP contribution in [-0.4, -0.2) is 20.9 Å². The molecule has 16 heavy (non-hydrogen) atoms. The summed E-state index contributed by atoms with van der Waals surface area (Å²) >= 11 is 5.71. The zero-order valence-corrected chi connectivity index (χ0v) is 9.60. The Morgan fingerprint density at radius 2 is 1.88 bits per heavy atom. The van der Waals surface area contributed by atoms with Crippen LogP contribution in [0.4, 0.5) is 13.2 Å². The van der Waals surface area contributed by atoms with Crippen molar-refractivity contribution in [3.05, 3.63) is 11.1 Å². The van der Waals surface area contributed by atoms with Crippen LogP contribution in [0.2, 0.25) is 5.28 Å². The Balaban J connectivity index is 2.52. The Bertz CT molecular complexity index is 407. The van der Waals surface area contributed by atoms with Crippen LogP contribution >= 0.6 is 11.6 Å². The molecule has 1 fully saturated rings. The molecule has 1 saturated carbocycles. The first-order valence-electron chi connectivity index (χ1n) is 4.97. The predicted molar refractivity (Wildman–Crippen MR) is 52.4 cm³/mol. The van der Waals surface area contributed by atoms with E-state index in [2.05, 4.69) is 10.2 Å². The van der Waals surface area contributed by atoms with E-state index in [9.17, 15) is 13.2 Å². The molecule has 1 aromatic rings. The molecule has 0 amide bonds. The lowest BCUT2D eigenvalue weighted by atomic mass is 10.1. The normalized spacial score (nSPS) is 19.2. The van der Waals surface area contributed by atoms with Crippen LogP contribution in [-0.2, 0) is 5.54 Å². The van der Waals surface area contributed by atoms with Gasteiger partial charge in [-0.05, 0) is 24.4 Å². The molecule has 0 unspecified atom stereocenters. The van der Waals surface area contributed by atoms with E-state index in [1.54, 1.807) is 13.8 Å². The van der Waals surface area contributed by atoms with Crippen LogP contribution in [0.25, 0.3) is 0 Å². The average Bonchev–Trinajstić information content (AvgIpc) is 2.84. The number of aromatic nitrogens is 3. The second-order valence-corrected chi connectivity index (χ2v) is 4.68. The SMILES string of the molecule is CC(C)c1nnc(Cl)n1C1(C(F)(F)F)CC1. The van der Waals surface area contributed by atoms with Gasteiger partial charge in [-0.3, -0.25) is 4.57 Å². The molecule has 1 aliphatic rings. The lowest BCUT2D eigenvalue weighted by Crippen LogP contribution is -2.36. The van der Waals surface area contributed by atoms with Gasteiger partial charge in [0.2, 0.25) is 5.28 Å². The third-order valence-electron chi connectivity index (χ3n) is 2.84. The summed E-state index contributed by atoms with van der Waals surface area (Å²) < 4.78 is 39.9. The fourth-order valence-corrected chi connectivity index (χ4v) is 2.08. The second kappa shape index (κ2) is 3.35. The zero-order chi connectivity index (χ0) is 12.1. The topological polar surface area (TPSA) is 30.7 Å². The van der Waals surface area contributed by atoms with Crippen LogP contribution in [0.1, 0.15) is 38.4 Å². The highest BCUT2D eigenvalue weighted by Gasteiger charge is 2.66. The first-order chi connectivity index (χ1) is 7.29. The predicted octanol–water partition coefficient (Wildman–Crippen LogP) is 3.11. The van der Waals surface area contributed by atoms with Gasteiger partial charge in [0.15, 0.2) is 0 Å². The minimum Gasteiger partial charge on any atom is -0.286 e. The van der Waals surface area contributed by atoms with E-state index in [4.69, 9.17) is 11.6 Å². The van der Waals surface area contributed by atoms with E-state index in [-0.39, 0.29) is 24.0 Å². The highest BCUT2D eigenvalue weighted by atomic mass is 35.5. The van der Waals surface area contributed by atoms with Crippen molar-refractivity contribution in [2.45, 2.75) is 44.3 Å². The molecule has 1 heterocycles. The molecule has 1 aromatic heterocycles. The van der Waals surface area contributed by atoms with Crippen molar-refractivity contribution in [1.82, 2.24) is 14.8 Å². The Hall–Kier alpha value is -0.780. The molecule has 1 aliphatic carbocycles. The highest BCUT2D eigenvalue weighted by molar-refractivity contribution is 6.28. The second-order valence-electron chi connectivity index (χ2n) is 4.35. The maximum Gasteiger partial charge on any atom is 0.412 e. The fourth-order valence-electron chi connectivity index (χ4n) is 1.80. The van der Waals surface area contributed by atoms with E-state index >= 15 is 0 Å². The monoisotopic (exact) mass is 253 g/mol. The Labute approximate surface area is 95.6 Å². The van der Waals surface area contributed by atoms with Crippen molar-refractivity contribution >= 4 is 11.6 Å². The number of hydrogen-bond acceptors (Lipinski definition) is 2. The van der Waals surface area contributed by atoms with Crippen molar-refractivity contribution in [3.8, 4) is 0 Å². The lowest BCUT2D eigenvalue weighted by Gasteiger charge is -2.23. The molecule has 0 atom stereocenters. The zero-order valence-electron chi connectivity index (χ0n) is 8.85. The summed E-state index contributed by atoms with van der Waals surface area (Å²) in [5.74, 6) is 0.152. The minimum atomic E-state index is -4.30. The maximum atomic E-state index is 12.9. The molecule has 7 heteroatoms. The molecule has 3 nitrogen and oxygen atoms in total. The summed E-state index contributed by atoms with van der Waals surface area (Å²) in [6.07, 6.45) is -4.20. The number of hydrogen-bond donors (Lipinski definition) is 0. The van der Waals surface area contributed by atoms with Gasteiger partial charge in [0.1, 0.15) is 11.4 Å². The van der Waals surface area contributed by atoms with Gasteiger partial charge in [-0.25, -0.2) is 0 Å². The lowest BCUT2D eigenvalue weighted by molar-refractivity contribution is -0.180. The molecular weight excluding hydrogens is 243 g/mol. The summed E-state index contributed by atoms with van der Waals surface area (Å²) in [5.41, 5.74) is -1.87. The van der Waals surface area contributed by atoms with Gasteiger partial charge in [-0.1, -0.05) is 13.8 Å². The van der Waals surface area contributed by atoms with Crippen molar-refractivity contribution in [1.29, 1.82) is 0 Å². The summed E-state index contributed by atoms with van der Waals surface area (Å²) in [7, 11) is 0. The smallest absolute Gasteiger partial charge is 0.286 e. The summed E-state index contributed by atoms with van der Waals surface area (Å²) in [6, 6.07) is 0. The molecule has 0 aliphatic heterocycles. The van der Waals surface area contributed by atoms with Gasteiger partial charge in [-0.2, -0.15) is 13.2 Å². The number of alkyl halides is 3. The van der Waals surface area contributed by atoms with E-state index in [1.807, 2.05) is 0 Å². The number of rotatable bonds is 2. The molecule has 0 bridgehead atoms. The van der Waals surface area contributed by atoms with Gasteiger partial charge >= 0.3 is 6.18 Å². The van der Waals surface area contributed by atoms with Crippen molar-refractivity contribution < 1.29 is 13.2 Å². The molecule has 0 saturated heterocycles. The van der Waals surface area contributed by atoms with Gasteiger partial charge in [-0.15, -0.1) is 10.2 Å². The van der Waals surface area contributed by atoms with Crippen LogP contribution in [0, 0.1) is 0 Å². The van der Waals surface area contributed by atoms with Gasteiger partial charge < -0.3 is 0 Å². The first kappa shape index (κ1) is 11.7. The van der Waals surface area contributed by atoms with E-state index in [1.165, 1.54) is 0 Å². The minimum absolute atomic E-state index is 0.0496. The van der Waals surface area contributed by atoms with Gasteiger partial charge in [0.05, 0.1) is 0 Å². The number of halogens is 4. The van der Waals surface area contributed by atoms with Crippen LogP contribution in [0.3, 0.4) is 0 Å². The first-order valence-corrected chi connectivity index (χ1v) is 5.35. The Morgan fingerprint density at radius 1 is 1.31 bits per heavy atom. The van der Waals surface area contributed by atoms with Crippen LogP contribution in [0.15, 0.2) is 0 Å². The third-order valence-corrected chi connectivity index (χ3v) is 3.09. The fraction of sp³-hybridized carbons (Fsp3) is 0.778. The molecule has 0 N–H and O–H groups in total. The summed E-state index contributed by atoms with van der Waals surface area (Å²) in [4.78, 5) is 0. The Morgan fingerprint density at radius 3 is 2.25 bits per heavy atom. The summed E-state index contributed by atoms with van der Waals surface area (Å²) in [6.45, 7) is 3.53. The molecule has 90 valence electrons. The van der Waals surface area contributed by atoms with E-state index < -0.39 is 11.7 Å². The highest BCUT2D eigenvalue weighted by Crippen LogP contribution is 2.57. The van der Waals surface area contributed by atoms with Crippen molar-refractivity contribution in [3.63, 3.8) is 0 Å². The summed E-state index contributed by atoms with van der Waals surface area (Å²) in [5, 5.41) is 7.07. The molecular formula is C9H11ClF3N3. The third kappa shape index (κ3) is 1.50.